The SMILES string of the molecule is COC(=O)C(O)CN1Cc2cc(C(=O)Nc3cncc(CC(F)(F)F)c3)ccc2[C@@H](C)C1. The van der Waals surface area contributed by atoms with Crippen LogP contribution in [0.2, 0.25) is 0 Å². The van der Waals surface area contributed by atoms with Crippen LogP contribution in [0.15, 0.2) is 36.7 Å². The van der Waals surface area contributed by atoms with Crippen LogP contribution < -0.4 is 5.32 Å². The average molecular weight is 451 g/mol. The van der Waals surface area contributed by atoms with Crippen LogP contribution in [0.5, 0.6) is 0 Å². The van der Waals surface area contributed by atoms with Gasteiger partial charge in [0.1, 0.15) is 0 Å². The van der Waals surface area contributed by atoms with E-state index in [0.717, 1.165) is 17.3 Å². The molecule has 2 aromatic rings. The predicted molar refractivity (Wildman–Crippen MR) is 110 cm³/mol. The van der Waals surface area contributed by atoms with Crippen molar-refractivity contribution >= 4 is 17.6 Å². The maximum Gasteiger partial charge on any atom is 0.393 e. The molecule has 0 saturated heterocycles. The summed E-state index contributed by atoms with van der Waals surface area (Å²) < 4.78 is 42.4. The number of carbonyl (C=O) groups excluding carboxylic acids is 2. The van der Waals surface area contributed by atoms with Gasteiger partial charge in [0.05, 0.1) is 25.4 Å². The minimum atomic E-state index is -4.37. The first-order valence-corrected chi connectivity index (χ1v) is 9.99. The second-order valence-corrected chi connectivity index (χ2v) is 7.88. The monoisotopic (exact) mass is 451 g/mol. The van der Waals surface area contributed by atoms with Gasteiger partial charge in [0.25, 0.3) is 5.91 Å². The number of esters is 1. The molecule has 172 valence electrons. The molecule has 1 aliphatic rings. The van der Waals surface area contributed by atoms with Crippen molar-refractivity contribution in [2.75, 3.05) is 25.5 Å². The molecule has 2 N–H and O–H groups in total. The van der Waals surface area contributed by atoms with E-state index >= 15 is 0 Å². The fourth-order valence-corrected chi connectivity index (χ4v) is 3.84. The smallest absolute Gasteiger partial charge is 0.393 e. The lowest BCUT2D eigenvalue weighted by Crippen LogP contribution is -2.41. The number of anilines is 1. The number of fused-ring (bicyclic) bond motifs is 1. The van der Waals surface area contributed by atoms with Crippen LogP contribution in [0.3, 0.4) is 0 Å². The molecule has 0 bridgehead atoms. The van der Waals surface area contributed by atoms with Gasteiger partial charge in [-0.2, -0.15) is 13.2 Å². The van der Waals surface area contributed by atoms with Gasteiger partial charge in [-0.1, -0.05) is 13.0 Å². The van der Waals surface area contributed by atoms with E-state index in [4.69, 9.17) is 0 Å². The number of halogens is 3. The molecule has 0 aliphatic carbocycles. The summed E-state index contributed by atoms with van der Waals surface area (Å²) >= 11 is 0. The molecule has 2 atom stereocenters. The van der Waals surface area contributed by atoms with Crippen molar-refractivity contribution in [1.29, 1.82) is 0 Å². The van der Waals surface area contributed by atoms with Crippen LogP contribution in [0.1, 0.15) is 39.9 Å². The largest absolute Gasteiger partial charge is 0.467 e. The minimum absolute atomic E-state index is 0.0469. The van der Waals surface area contributed by atoms with E-state index < -0.39 is 30.6 Å². The third kappa shape index (κ3) is 6.04. The highest BCUT2D eigenvalue weighted by Crippen LogP contribution is 2.29. The number of hydrogen-bond donors (Lipinski definition) is 2. The quantitative estimate of drug-likeness (QED) is 0.657. The van der Waals surface area contributed by atoms with E-state index in [0.29, 0.717) is 18.7 Å². The van der Waals surface area contributed by atoms with Crippen LogP contribution in [0, 0.1) is 0 Å². The molecule has 7 nitrogen and oxygen atoms in total. The second-order valence-electron chi connectivity index (χ2n) is 7.88. The zero-order chi connectivity index (χ0) is 23.5. The molecule has 2 heterocycles. The third-order valence-electron chi connectivity index (χ3n) is 5.22. The van der Waals surface area contributed by atoms with Crippen LogP contribution in [0.4, 0.5) is 18.9 Å². The molecule has 1 unspecified atom stereocenters. The highest BCUT2D eigenvalue weighted by molar-refractivity contribution is 6.04. The van der Waals surface area contributed by atoms with Gasteiger partial charge >= 0.3 is 12.1 Å². The number of aliphatic hydroxyl groups is 1. The molecular weight excluding hydrogens is 427 g/mol. The molecule has 1 aromatic carbocycles. The molecule has 0 saturated carbocycles. The fraction of sp³-hybridized carbons (Fsp3) is 0.409. The Kier molecular flexibility index (Phi) is 7.15. The lowest BCUT2D eigenvalue weighted by molar-refractivity contribution is -0.151. The molecule has 1 aliphatic heterocycles. The van der Waals surface area contributed by atoms with Gasteiger partial charge in [-0.15, -0.1) is 0 Å². The van der Waals surface area contributed by atoms with Gasteiger partial charge in [0.15, 0.2) is 6.10 Å². The van der Waals surface area contributed by atoms with Gasteiger partial charge in [0, 0.05) is 31.4 Å². The zero-order valence-electron chi connectivity index (χ0n) is 17.6. The highest BCUT2D eigenvalue weighted by atomic mass is 19.4. The number of carbonyl (C=O) groups is 2. The number of ether oxygens (including phenoxy) is 1. The number of methoxy groups -OCH3 is 1. The van der Waals surface area contributed by atoms with Crippen molar-refractivity contribution in [2.24, 2.45) is 0 Å². The number of β-amino-alcohol motifs (C(OH)–C–C–N with tert-alkyl or cyclic N) is 1. The lowest BCUT2D eigenvalue weighted by atomic mass is 9.89. The van der Waals surface area contributed by atoms with Crippen molar-refractivity contribution in [1.82, 2.24) is 9.88 Å². The summed E-state index contributed by atoms with van der Waals surface area (Å²) in [7, 11) is 1.21. The van der Waals surface area contributed by atoms with Crippen LogP contribution in [-0.2, 0) is 22.5 Å². The molecule has 0 spiro atoms. The fourth-order valence-electron chi connectivity index (χ4n) is 3.84. The number of nitrogens with zero attached hydrogens (tertiary/aromatic N) is 2. The first-order chi connectivity index (χ1) is 15.1. The Balaban J connectivity index is 1.73. The Hall–Kier alpha value is -2.98. The number of aromatic nitrogens is 1. The van der Waals surface area contributed by atoms with Crippen LogP contribution in [-0.4, -0.2) is 59.3 Å². The summed E-state index contributed by atoms with van der Waals surface area (Å²) in [5.74, 6) is -1.07. The number of rotatable bonds is 6. The maximum absolute atomic E-state index is 12.7. The van der Waals surface area contributed by atoms with E-state index in [1.807, 2.05) is 17.9 Å². The van der Waals surface area contributed by atoms with Crippen molar-refractivity contribution in [3.8, 4) is 0 Å². The third-order valence-corrected chi connectivity index (χ3v) is 5.22. The van der Waals surface area contributed by atoms with Gasteiger partial charge < -0.3 is 15.2 Å². The summed E-state index contributed by atoms with van der Waals surface area (Å²) in [6, 6.07) is 6.47. The van der Waals surface area contributed by atoms with Gasteiger partial charge in [-0.25, -0.2) is 4.79 Å². The number of alkyl halides is 3. The Bertz CT molecular complexity index is 997. The second kappa shape index (κ2) is 9.66. The summed E-state index contributed by atoms with van der Waals surface area (Å²) in [4.78, 5) is 29.9. The summed E-state index contributed by atoms with van der Waals surface area (Å²) in [6.07, 6.45) is -4.37. The topological polar surface area (TPSA) is 91.8 Å². The molecule has 1 aromatic heterocycles. The van der Waals surface area contributed by atoms with Crippen molar-refractivity contribution in [2.45, 2.75) is 38.1 Å². The lowest BCUT2D eigenvalue weighted by Gasteiger charge is -2.34. The van der Waals surface area contributed by atoms with Crippen LogP contribution in [0.25, 0.3) is 0 Å². The predicted octanol–water partition coefficient (Wildman–Crippen LogP) is 2.89. The molecule has 1 amide bonds. The highest BCUT2D eigenvalue weighted by Gasteiger charge is 2.28. The standard InChI is InChI=1S/C22H24F3N3O4/c1-13-10-28(12-19(29)21(31)32-2)11-16-6-15(3-4-18(13)16)20(30)27-17-5-14(8-26-9-17)7-22(23,24)25/h3-6,8-9,13,19,29H,7,10-12H2,1-2H3,(H,27,30)/t13-,19?/m0/s1. The Morgan fingerprint density at radius 1 is 1.31 bits per heavy atom. The van der Waals surface area contributed by atoms with E-state index in [-0.39, 0.29) is 23.7 Å². The van der Waals surface area contributed by atoms with E-state index in [1.165, 1.54) is 19.4 Å². The number of nitrogens with one attached hydrogen (secondary N) is 1. The first kappa shape index (κ1) is 23.7. The van der Waals surface area contributed by atoms with Crippen molar-refractivity contribution in [3.05, 3.63) is 58.9 Å². The molecule has 32 heavy (non-hydrogen) atoms. The van der Waals surface area contributed by atoms with Crippen molar-refractivity contribution < 1.29 is 32.6 Å². The maximum atomic E-state index is 12.7. The Labute approximate surface area is 183 Å². The summed E-state index contributed by atoms with van der Waals surface area (Å²) in [5.41, 5.74) is 2.39. The van der Waals surface area contributed by atoms with Crippen molar-refractivity contribution in [3.63, 3.8) is 0 Å². The molecule has 0 radical (unpaired) electrons. The van der Waals surface area contributed by atoms with Crippen LogP contribution >= 0.6 is 0 Å². The number of aliphatic hydroxyl groups excluding tert-OH is 1. The van der Waals surface area contributed by atoms with E-state index in [9.17, 15) is 27.9 Å². The van der Waals surface area contributed by atoms with E-state index in [1.54, 1.807) is 12.1 Å². The number of pyridine rings is 1. The number of amides is 1. The van der Waals surface area contributed by atoms with Gasteiger partial charge in [0.2, 0.25) is 0 Å². The molecular formula is C22H24F3N3O4. The average Bonchev–Trinajstić information content (AvgIpc) is 2.71. The Morgan fingerprint density at radius 3 is 2.75 bits per heavy atom. The zero-order valence-corrected chi connectivity index (χ0v) is 17.6. The number of hydrogen-bond acceptors (Lipinski definition) is 6. The van der Waals surface area contributed by atoms with Gasteiger partial charge in [-0.3, -0.25) is 14.7 Å². The van der Waals surface area contributed by atoms with Gasteiger partial charge in [-0.05, 0) is 40.8 Å². The molecule has 3 rings (SSSR count). The molecule has 10 heteroatoms. The van der Waals surface area contributed by atoms with E-state index in [2.05, 4.69) is 15.0 Å². The molecule has 0 fully saturated rings. The number of benzene rings is 1. The normalized spacial score (nSPS) is 17.4. The first-order valence-electron chi connectivity index (χ1n) is 9.99. The summed E-state index contributed by atoms with van der Waals surface area (Å²) in [5, 5.41) is 12.5. The Morgan fingerprint density at radius 2 is 2.06 bits per heavy atom. The minimum Gasteiger partial charge on any atom is -0.467 e. The summed E-state index contributed by atoms with van der Waals surface area (Å²) in [6.45, 7) is 3.17.